The van der Waals surface area contributed by atoms with E-state index in [1.54, 1.807) is 44.3 Å². The summed E-state index contributed by atoms with van der Waals surface area (Å²) in [6.45, 7) is 1.89. The van der Waals surface area contributed by atoms with Crippen LogP contribution in [0.2, 0.25) is 0 Å². The molecule has 4 nitrogen and oxygen atoms in total. The molecule has 1 aromatic heterocycles. The molecule has 0 saturated heterocycles. The topological polar surface area (TPSA) is 51.5 Å². The van der Waals surface area contributed by atoms with E-state index in [-0.39, 0.29) is 23.7 Å². The summed E-state index contributed by atoms with van der Waals surface area (Å²) >= 11 is 0. The van der Waals surface area contributed by atoms with Crippen LogP contribution in [0.1, 0.15) is 17.3 Å². The fourth-order valence-corrected chi connectivity index (χ4v) is 3.46. The Morgan fingerprint density at radius 1 is 1.03 bits per heavy atom. The predicted octanol–water partition coefficient (Wildman–Crippen LogP) is 6.26. The Morgan fingerprint density at radius 3 is 2.43 bits per heavy atom. The Hall–Kier alpha value is -3.67. The highest BCUT2D eigenvalue weighted by atomic mass is 19.1. The van der Waals surface area contributed by atoms with Gasteiger partial charge in [-0.25, -0.2) is 13.6 Å². The maximum absolute atomic E-state index is 14.5. The van der Waals surface area contributed by atoms with Crippen LogP contribution in [0.3, 0.4) is 0 Å². The lowest BCUT2D eigenvalue weighted by molar-refractivity contribution is 0.0528. The van der Waals surface area contributed by atoms with E-state index in [1.165, 1.54) is 30.3 Å². The number of hydrogen-bond acceptors (Lipinski definition) is 4. The number of fused-ring (bicyclic) bond motifs is 1. The number of ether oxygens (including phenoxy) is 1. The maximum Gasteiger partial charge on any atom is 0.342 e. The van der Waals surface area contributed by atoms with Crippen molar-refractivity contribution in [1.29, 1.82) is 0 Å². The van der Waals surface area contributed by atoms with Crippen LogP contribution < -0.4 is 5.32 Å². The summed E-state index contributed by atoms with van der Waals surface area (Å²) in [7, 11) is 1.72. The van der Waals surface area contributed by atoms with Crippen LogP contribution in [0, 0.1) is 11.6 Å². The summed E-state index contributed by atoms with van der Waals surface area (Å²) in [5.41, 5.74) is 2.81. The van der Waals surface area contributed by atoms with E-state index in [1.807, 2.05) is 0 Å². The number of nitrogens with one attached hydrogen (secondary N) is 1. The number of carbonyl (C=O) groups excluding carboxylic acids is 1. The Bertz CT molecular complexity index is 1230. The predicted molar refractivity (Wildman–Crippen MR) is 113 cm³/mol. The van der Waals surface area contributed by atoms with Gasteiger partial charge in [-0.2, -0.15) is 0 Å². The molecule has 6 heteroatoms. The molecule has 0 aliphatic heterocycles. The third kappa shape index (κ3) is 3.41. The van der Waals surface area contributed by atoms with E-state index in [4.69, 9.17) is 9.15 Å². The van der Waals surface area contributed by atoms with Crippen molar-refractivity contribution < 1.29 is 22.7 Å². The second-order valence-corrected chi connectivity index (χ2v) is 6.66. The Kier molecular flexibility index (Phi) is 5.23. The van der Waals surface area contributed by atoms with Gasteiger partial charge in [0.2, 0.25) is 0 Å². The van der Waals surface area contributed by atoms with Crippen molar-refractivity contribution in [2.75, 3.05) is 19.0 Å². The first kappa shape index (κ1) is 19.6. The van der Waals surface area contributed by atoms with E-state index in [0.29, 0.717) is 33.3 Å². The monoisotopic (exact) mass is 407 g/mol. The highest BCUT2D eigenvalue weighted by Crippen LogP contribution is 2.40. The molecule has 152 valence electrons. The molecule has 1 N–H and O–H groups in total. The summed E-state index contributed by atoms with van der Waals surface area (Å²) in [6, 6.07) is 15.5. The largest absolute Gasteiger partial charge is 0.462 e. The van der Waals surface area contributed by atoms with Crippen molar-refractivity contribution in [3.05, 3.63) is 77.9 Å². The lowest BCUT2D eigenvalue weighted by atomic mass is 9.98. The fourth-order valence-electron chi connectivity index (χ4n) is 3.46. The van der Waals surface area contributed by atoms with Gasteiger partial charge in [0.1, 0.15) is 28.5 Å². The standard InChI is InChI=1S/C24H19F2NO3/c1-3-29-24(28)22-18-12-17(16-6-4-5-7-19(16)26)20(27-2)13-21(18)30-23(22)14-8-10-15(25)11-9-14/h4-13,27H,3H2,1-2H3. The molecule has 30 heavy (non-hydrogen) atoms. The number of benzene rings is 3. The van der Waals surface area contributed by atoms with Crippen LogP contribution in [0.5, 0.6) is 0 Å². The Labute approximate surface area is 172 Å². The lowest BCUT2D eigenvalue weighted by Gasteiger charge is -2.11. The molecule has 0 bridgehead atoms. The van der Waals surface area contributed by atoms with Gasteiger partial charge in [-0.1, -0.05) is 18.2 Å². The lowest BCUT2D eigenvalue weighted by Crippen LogP contribution is -2.05. The van der Waals surface area contributed by atoms with Crippen LogP contribution in [-0.2, 0) is 4.74 Å². The normalized spacial score (nSPS) is 10.9. The number of esters is 1. The highest BCUT2D eigenvalue weighted by Gasteiger charge is 2.25. The Balaban J connectivity index is 2.02. The molecule has 0 aliphatic carbocycles. The molecule has 0 aliphatic rings. The SMILES string of the molecule is CCOC(=O)c1c(-c2ccc(F)cc2)oc2cc(NC)c(-c3ccccc3F)cc12. The van der Waals surface area contributed by atoms with Crippen LogP contribution >= 0.6 is 0 Å². The van der Waals surface area contributed by atoms with Gasteiger partial charge in [-0.05, 0) is 43.3 Å². The maximum atomic E-state index is 14.5. The Morgan fingerprint density at radius 2 is 1.77 bits per heavy atom. The van der Waals surface area contributed by atoms with Gasteiger partial charge in [-0.3, -0.25) is 0 Å². The number of rotatable bonds is 5. The molecule has 4 rings (SSSR count). The van der Waals surface area contributed by atoms with Gasteiger partial charge in [0, 0.05) is 40.9 Å². The first-order chi connectivity index (χ1) is 14.5. The van der Waals surface area contributed by atoms with Gasteiger partial charge in [0.25, 0.3) is 0 Å². The van der Waals surface area contributed by atoms with E-state index in [9.17, 15) is 13.6 Å². The summed E-state index contributed by atoms with van der Waals surface area (Å²) in [5.74, 6) is -1.07. The molecule has 0 fully saturated rings. The smallest absolute Gasteiger partial charge is 0.342 e. The molecule has 0 amide bonds. The first-order valence-corrected chi connectivity index (χ1v) is 9.49. The molecule has 4 aromatic rings. The zero-order valence-corrected chi connectivity index (χ0v) is 16.5. The zero-order valence-electron chi connectivity index (χ0n) is 16.5. The second-order valence-electron chi connectivity index (χ2n) is 6.66. The zero-order chi connectivity index (χ0) is 21.3. The summed E-state index contributed by atoms with van der Waals surface area (Å²) in [5, 5.41) is 3.54. The summed E-state index contributed by atoms with van der Waals surface area (Å²) in [6.07, 6.45) is 0. The van der Waals surface area contributed by atoms with E-state index < -0.39 is 11.8 Å². The minimum atomic E-state index is -0.563. The number of halogens is 2. The minimum Gasteiger partial charge on any atom is -0.462 e. The van der Waals surface area contributed by atoms with Crippen molar-refractivity contribution in [3.8, 4) is 22.5 Å². The molecular weight excluding hydrogens is 388 g/mol. The number of furan rings is 1. The van der Waals surface area contributed by atoms with E-state index in [0.717, 1.165) is 0 Å². The average molecular weight is 407 g/mol. The van der Waals surface area contributed by atoms with Crippen LogP contribution in [0.25, 0.3) is 33.4 Å². The minimum absolute atomic E-state index is 0.184. The second kappa shape index (κ2) is 7.99. The summed E-state index contributed by atoms with van der Waals surface area (Å²) < 4.78 is 39.1. The van der Waals surface area contributed by atoms with Crippen LogP contribution in [0.4, 0.5) is 14.5 Å². The van der Waals surface area contributed by atoms with Gasteiger partial charge in [0.15, 0.2) is 0 Å². The highest BCUT2D eigenvalue weighted by molar-refractivity contribution is 6.10. The van der Waals surface area contributed by atoms with Gasteiger partial charge in [-0.15, -0.1) is 0 Å². The molecule has 0 atom stereocenters. The van der Waals surface area contributed by atoms with Gasteiger partial charge < -0.3 is 14.5 Å². The number of hydrogen-bond donors (Lipinski definition) is 1. The van der Waals surface area contributed by atoms with E-state index in [2.05, 4.69) is 5.32 Å². The number of anilines is 1. The molecule has 1 heterocycles. The van der Waals surface area contributed by atoms with Gasteiger partial charge >= 0.3 is 5.97 Å². The van der Waals surface area contributed by atoms with Crippen LogP contribution in [0.15, 0.2) is 65.1 Å². The van der Waals surface area contributed by atoms with Crippen molar-refractivity contribution in [2.45, 2.75) is 6.92 Å². The molecule has 3 aromatic carbocycles. The van der Waals surface area contributed by atoms with E-state index >= 15 is 0 Å². The molecule has 0 radical (unpaired) electrons. The van der Waals surface area contributed by atoms with Crippen molar-refractivity contribution in [1.82, 2.24) is 0 Å². The third-order valence-electron chi connectivity index (χ3n) is 4.85. The van der Waals surface area contributed by atoms with Crippen molar-refractivity contribution in [2.24, 2.45) is 0 Å². The van der Waals surface area contributed by atoms with Gasteiger partial charge in [0.05, 0.1) is 6.61 Å². The fraction of sp³-hybridized carbons (Fsp3) is 0.125. The quantitative estimate of drug-likeness (QED) is 0.397. The van der Waals surface area contributed by atoms with Crippen molar-refractivity contribution >= 4 is 22.6 Å². The first-order valence-electron chi connectivity index (χ1n) is 9.49. The third-order valence-corrected chi connectivity index (χ3v) is 4.85. The van der Waals surface area contributed by atoms with Crippen molar-refractivity contribution in [3.63, 3.8) is 0 Å². The molecule has 0 saturated carbocycles. The number of carbonyl (C=O) groups is 1. The van der Waals surface area contributed by atoms with Crippen LogP contribution in [-0.4, -0.2) is 19.6 Å². The molecule has 0 unspecified atom stereocenters. The molecular formula is C24H19F2NO3. The average Bonchev–Trinajstić information content (AvgIpc) is 3.12. The molecule has 0 spiro atoms. The summed E-state index contributed by atoms with van der Waals surface area (Å²) in [4.78, 5) is 12.8.